The minimum atomic E-state index is -0.0803. The van der Waals surface area contributed by atoms with E-state index in [0.717, 1.165) is 18.4 Å². The van der Waals surface area contributed by atoms with Gasteiger partial charge in [-0.2, -0.15) is 5.26 Å². The number of ether oxygens (including phenoxy) is 1. The lowest BCUT2D eigenvalue weighted by Gasteiger charge is -2.46. The van der Waals surface area contributed by atoms with Crippen molar-refractivity contribution < 1.29 is 9.53 Å². The molecule has 1 aliphatic rings. The van der Waals surface area contributed by atoms with Crippen molar-refractivity contribution in [1.29, 1.82) is 5.26 Å². The van der Waals surface area contributed by atoms with Gasteiger partial charge in [0.2, 0.25) is 0 Å². The molecule has 1 aliphatic heterocycles. The molecule has 152 valence electrons. The number of carbonyl (C=O) groups is 1. The van der Waals surface area contributed by atoms with E-state index in [-0.39, 0.29) is 23.0 Å². The number of hydrogen-bond acceptors (Lipinski definition) is 4. The summed E-state index contributed by atoms with van der Waals surface area (Å²) in [5.74, 6) is 1.03. The fourth-order valence-corrected chi connectivity index (χ4v) is 4.30. The van der Waals surface area contributed by atoms with Gasteiger partial charge in [-0.3, -0.25) is 4.79 Å². The predicted octanol–water partition coefficient (Wildman–Crippen LogP) is 4.70. The van der Waals surface area contributed by atoms with Gasteiger partial charge in [-0.1, -0.05) is 6.07 Å². The highest BCUT2D eigenvalue weighted by atomic mass is 16.5. The Labute approximate surface area is 173 Å². The minimum absolute atomic E-state index is 0.0241. The molecule has 1 amide bonds. The third-order valence-electron chi connectivity index (χ3n) is 5.13. The average molecular weight is 392 g/mol. The van der Waals surface area contributed by atoms with E-state index < -0.39 is 0 Å². The van der Waals surface area contributed by atoms with Crippen molar-refractivity contribution in [3.8, 4) is 17.6 Å². The van der Waals surface area contributed by atoms with Crippen molar-refractivity contribution in [2.75, 3.05) is 0 Å². The first-order valence-corrected chi connectivity index (χ1v) is 9.96. The number of amides is 1. The standard InChI is InChI=1S/C24H29N3O2/c1-16-6-7-18(15-25)21(12-16)29-20-10-8-17(9-11-20)22(28)26-19-13-23(2,3)27-24(4,5)14-19/h6-12,19,27H,13-14H2,1-5H3,(H,26,28). The van der Waals surface area contributed by atoms with Crippen LogP contribution in [0.5, 0.6) is 11.5 Å². The smallest absolute Gasteiger partial charge is 0.251 e. The summed E-state index contributed by atoms with van der Waals surface area (Å²) in [6.45, 7) is 10.6. The zero-order valence-corrected chi connectivity index (χ0v) is 17.8. The van der Waals surface area contributed by atoms with Gasteiger partial charge in [-0.25, -0.2) is 0 Å². The molecular weight excluding hydrogens is 362 g/mol. The molecular formula is C24H29N3O2. The van der Waals surface area contributed by atoms with Crippen molar-refractivity contribution in [1.82, 2.24) is 10.6 Å². The zero-order valence-electron chi connectivity index (χ0n) is 17.8. The average Bonchev–Trinajstić information content (AvgIpc) is 2.59. The highest BCUT2D eigenvalue weighted by Gasteiger charge is 2.38. The van der Waals surface area contributed by atoms with E-state index in [9.17, 15) is 10.1 Å². The molecule has 2 aromatic carbocycles. The van der Waals surface area contributed by atoms with E-state index in [1.54, 1.807) is 30.3 Å². The van der Waals surface area contributed by atoms with Gasteiger partial charge in [-0.05, 0) is 89.4 Å². The largest absolute Gasteiger partial charge is 0.456 e. The summed E-state index contributed by atoms with van der Waals surface area (Å²) < 4.78 is 5.86. The molecule has 1 saturated heterocycles. The van der Waals surface area contributed by atoms with Crippen LogP contribution in [0.1, 0.15) is 62.0 Å². The molecule has 1 heterocycles. The molecule has 0 spiro atoms. The Balaban J connectivity index is 1.68. The molecule has 0 aliphatic carbocycles. The topological polar surface area (TPSA) is 74.1 Å². The minimum Gasteiger partial charge on any atom is -0.456 e. The van der Waals surface area contributed by atoms with E-state index in [1.807, 2.05) is 19.1 Å². The normalized spacial score (nSPS) is 17.9. The van der Waals surface area contributed by atoms with Crippen LogP contribution in [-0.4, -0.2) is 23.0 Å². The Bertz CT molecular complexity index is 924. The highest BCUT2D eigenvalue weighted by molar-refractivity contribution is 5.94. The number of nitriles is 1. The van der Waals surface area contributed by atoms with E-state index in [2.05, 4.69) is 44.4 Å². The third kappa shape index (κ3) is 5.36. The van der Waals surface area contributed by atoms with Gasteiger partial charge in [0, 0.05) is 22.7 Å². The maximum Gasteiger partial charge on any atom is 0.251 e. The predicted molar refractivity (Wildman–Crippen MR) is 114 cm³/mol. The zero-order chi connectivity index (χ0) is 21.2. The third-order valence-corrected chi connectivity index (χ3v) is 5.13. The Kier molecular flexibility index (Phi) is 5.68. The van der Waals surface area contributed by atoms with E-state index in [0.29, 0.717) is 22.6 Å². The van der Waals surface area contributed by atoms with Crippen LogP contribution >= 0.6 is 0 Å². The first-order chi connectivity index (χ1) is 13.6. The fourth-order valence-electron chi connectivity index (χ4n) is 4.30. The van der Waals surface area contributed by atoms with E-state index in [1.165, 1.54) is 0 Å². The van der Waals surface area contributed by atoms with Crippen LogP contribution in [0.3, 0.4) is 0 Å². The SMILES string of the molecule is Cc1ccc(C#N)c(Oc2ccc(C(=O)NC3CC(C)(C)NC(C)(C)C3)cc2)c1. The van der Waals surface area contributed by atoms with Crippen molar-refractivity contribution >= 4 is 5.91 Å². The number of nitrogens with one attached hydrogen (secondary N) is 2. The Morgan fingerprint density at radius 3 is 2.31 bits per heavy atom. The van der Waals surface area contributed by atoms with Crippen LogP contribution in [-0.2, 0) is 0 Å². The van der Waals surface area contributed by atoms with Crippen LogP contribution in [0.15, 0.2) is 42.5 Å². The van der Waals surface area contributed by atoms with Gasteiger partial charge < -0.3 is 15.4 Å². The monoisotopic (exact) mass is 391 g/mol. The summed E-state index contributed by atoms with van der Waals surface area (Å²) in [6, 6.07) is 14.7. The number of piperidine rings is 1. The summed E-state index contributed by atoms with van der Waals surface area (Å²) in [5, 5.41) is 16.1. The van der Waals surface area contributed by atoms with Crippen LogP contribution in [0.2, 0.25) is 0 Å². The summed E-state index contributed by atoms with van der Waals surface area (Å²) in [7, 11) is 0. The number of aryl methyl sites for hydroxylation is 1. The summed E-state index contributed by atoms with van der Waals surface area (Å²) in [4.78, 5) is 12.7. The molecule has 0 unspecified atom stereocenters. The number of benzene rings is 2. The molecule has 3 rings (SSSR count). The quantitative estimate of drug-likeness (QED) is 0.792. The molecule has 2 N–H and O–H groups in total. The molecule has 1 fully saturated rings. The summed E-state index contributed by atoms with van der Waals surface area (Å²) in [6.07, 6.45) is 1.77. The van der Waals surface area contributed by atoms with Crippen LogP contribution < -0.4 is 15.4 Å². The molecule has 0 aromatic heterocycles. The maximum absolute atomic E-state index is 12.7. The first-order valence-electron chi connectivity index (χ1n) is 9.96. The van der Waals surface area contributed by atoms with Gasteiger partial charge in [0.05, 0.1) is 5.56 Å². The van der Waals surface area contributed by atoms with E-state index in [4.69, 9.17) is 4.74 Å². The summed E-state index contributed by atoms with van der Waals surface area (Å²) in [5.41, 5.74) is 2.04. The van der Waals surface area contributed by atoms with Crippen LogP contribution in [0, 0.1) is 18.3 Å². The lowest BCUT2D eigenvalue weighted by molar-refractivity contribution is 0.0873. The second-order valence-electron chi connectivity index (χ2n) is 9.21. The van der Waals surface area contributed by atoms with Gasteiger partial charge in [0.1, 0.15) is 17.6 Å². The second kappa shape index (κ2) is 7.88. The molecule has 2 aromatic rings. The molecule has 29 heavy (non-hydrogen) atoms. The Morgan fingerprint density at radius 1 is 1.10 bits per heavy atom. The molecule has 0 saturated carbocycles. The van der Waals surface area contributed by atoms with E-state index >= 15 is 0 Å². The molecule has 0 atom stereocenters. The van der Waals surface area contributed by atoms with Crippen LogP contribution in [0.25, 0.3) is 0 Å². The van der Waals surface area contributed by atoms with Gasteiger partial charge in [0.15, 0.2) is 0 Å². The Morgan fingerprint density at radius 2 is 1.72 bits per heavy atom. The summed E-state index contributed by atoms with van der Waals surface area (Å²) >= 11 is 0. The van der Waals surface area contributed by atoms with Crippen molar-refractivity contribution in [2.24, 2.45) is 0 Å². The van der Waals surface area contributed by atoms with Crippen molar-refractivity contribution in [3.05, 3.63) is 59.2 Å². The number of nitrogens with zero attached hydrogens (tertiary/aromatic N) is 1. The lowest BCUT2D eigenvalue weighted by Crippen LogP contribution is -2.62. The molecule has 0 radical (unpaired) electrons. The van der Waals surface area contributed by atoms with Gasteiger partial charge in [0.25, 0.3) is 5.91 Å². The first kappa shape index (κ1) is 20.9. The maximum atomic E-state index is 12.7. The van der Waals surface area contributed by atoms with Gasteiger partial charge >= 0.3 is 0 Å². The highest BCUT2D eigenvalue weighted by Crippen LogP contribution is 2.29. The van der Waals surface area contributed by atoms with Crippen LogP contribution in [0.4, 0.5) is 0 Å². The molecule has 5 heteroatoms. The molecule has 5 nitrogen and oxygen atoms in total. The van der Waals surface area contributed by atoms with Crippen molar-refractivity contribution in [2.45, 2.75) is 64.6 Å². The fraction of sp³-hybridized carbons (Fsp3) is 0.417. The lowest BCUT2D eigenvalue weighted by atomic mass is 9.79. The Hall–Kier alpha value is -2.84. The number of rotatable bonds is 4. The second-order valence-corrected chi connectivity index (χ2v) is 9.21. The van der Waals surface area contributed by atoms with Crippen molar-refractivity contribution in [3.63, 3.8) is 0 Å². The number of hydrogen-bond donors (Lipinski definition) is 2. The number of carbonyl (C=O) groups excluding carboxylic acids is 1. The molecule has 0 bridgehead atoms. The van der Waals surface area contributed by atoms with Gasteiger partial charge in [-0.15, -0.1) is 0 Å².